The highest BCUT2D eigenvalue weighted by atomic mass is 32.1. The normalized spacial score (nSPS) is 19.8. The molecule has 3 N–H and O–H groups in total. The van der Waals surface area contributed by atoms with Crippen LogP contribution in [0.3, 0.4) is 0 Å². The van der Waals surface area contributed by atoms with Gasteiger partial charge in [-0.2, -0.15) is 5.10 Å². The van der Waals surface area contributed by atoms with E-state index >= 15 is 0 Å². The van der Waals surface area contributed by atoms with E-state index in [-0.39, 0.29) is 0 Å². The van der Waals surface area contributed by atoms with E-state index in [1.165, 1.54) is 35.1 Å². The zero-order valence-electron chi connectivity index (χ0n) is 15.3. The summed E-state index contributed by atoms with van der Waals surface area (Å²) in [6.07, 6.45) is 6.02. The molecule has 1 unspecified atom stereocenters. The molecule has 6 nitrogen and oxygen atoms in total. The van der Waals surface area contributed by atoms with Gasteiger partial charge >= 0.3 is 0 Å². The van der Waals surface area contributed by atoms with Crippen molar-refractivity contribution in [3.05, 3.63) is 21.8 Å². The third-order valence-electron chi connectivity index (χ3n) is 5.57. The molecule has 1 atom stereocenters. The summed E-state index contributed by atoms with van der Waals surface area (Å²) in [6.45, 7) is 6.12. The van der Waals surface area contributed by atoms with Crippen molar-refractivity contribution in [2.75, 3.05) is 18.4 Å². The smallest absolute Gasteiger partial charge is 0.166 e. The Morgan fingerprint density at radius 3 is 2.81 bits per heavy atom. The van der Waals surface area contributed by atoms with Gasteiger partial charge < -0.3 is 10.6 Å². The maximum Gasteiger partial charge on any atom is 0.166 e. The average Bonchev–Trinajstić information content (AvgIpc) is 3.34. The Morgan fingerprint density at radius 2 is 2.04 bits per heavy atom. The molecule has 1 saturated heterocycles. The van der Waals surface area contributed by atoms with Gasteiger partial charge in [-0.15, -0.1) is 11.3 Å². The number of hydrogen-bond acceptors (Lipinski definition) is 6. The Hall–Kier alpha value is -1.99. The van der Waals surface area contributed by atoms with Gasteiger partial charge in [0.15, 0.2) is 5.82 Å². The Kier molecular flexibility index (Phi) is 3.94. The second-order valence-corrected chi connectivity index (χ2v) is 8.51. The second-order valence-electron chi connectivity index (χ2n) is 7.43. The zero-order chi connectivity index (χ0) is 17.7. The molecule has 0 saturated carbocycles. The molecule has 3 aromatic rings. The summed E-state index contributed by atoms with van der Waals surface area (Å²) < 4.78 is 0. The van der Waals surface area contributed by atoms with Crippen molar-refractivity contribution < 1.29 is 0 Å². The van der Waals surface area contributed by atoms with Crippen molar-refractivity contribution in [3.63, 3.8) is 0 Å². The van der Waals surface area contributed by atoms with Crippen LogP contribution >= 0.6 is 11.3 Å². The topological polar surface area (TPSA) is 78.5 Å². The van der Waals surface area contributed by atoms with Crippen molar-refractivity contribution in [2.24, 2.45) is 0 Å². The van der Waals surface area contributed by atoms with Gasteiger partial charge in [-0.25, -0.2) is 9.97 Å². The first-order chi connectivity index (χ1) is 12.7. The third-order valence-corrected chi connectivity index (χ3v) is 6.75. The first-order valence-electron chi connectivity index (χ1n) is 9.52. The lowest BCUT2D eigenvalue weighted by molar-refractivity contribution is 0.700. The van der Waals surface area contributed by atoms with Crippen LogP contribution in [0.25, 0.3) is 21.6 Å². The van der Waals surface area contributed by atoms with Crippen molar-refractivity contribution in [1.29, 1.82) is 0 Å². The predicted molar refractivity (Wildman–Crippen MR) is 106 cm³/mol. The number of H-pyrrole nitrogens is 1. The van der Waals surface area contributed by atoms with Crippen LogP contribution in [0.2, 0.25) is 0 Å². The van der Waals surface area contributed by atoms with Gasteiger partial charge in [0.1, 0.15) is 10.6 Å². The molecule has 136 valence electrons. The molecular formula is C19H24N6S. The molecule has 26 heavy (non-hydrogen) atoms. The summed E-state index contributed by atoms with van der Waals surface area (Å²) in [4.78, 5) is 12.6. The molecule has 3 aromatic heterocycles. The number of hydrogen-bond donors (Lipinski definition) is 3. The predicted octanol–water partition coefficient (Wildman–Crippen LogP) is 3.35. The Labute approximate surface area is 156 Å². The summed E-state index contributed by atoms with van der Waals surface area (Å²) in [5.41, 5.74) is 4.50. The molecule has 1 fully saturated rings. The lowest BCUT2D eigenvalue weighted by Gasteiger charge is -2.16. The van der Waals surface area contributed by atoms with E-state index in [1.54, 1.807) is 0 Å². The molecular weight excluding hydrogens is 344 g/mol. The molecule has 2 aliphatic rings. The summed E-state index contributed by atoms with van der Waals surface area (Å²) in [5, 5.41) is 15.8. The molecule has 7 heteroatoms. The molecule has 1 aliphatic carbocycles. The molecule has 0 aromatic carbocycles. The summed E-state index contributed by atoms with van der Waals surface area (Å²) in [7, 11) is 0. The number of nitrogens with one attached hydrogen (secondary N) is 3. The van der Waals surface area contributed by atoms with Crippen molar-refractivity contribution >= 4 is 27.4 Å². The fourth-order valence-electron chi connectivity index (χ4n) is 4.23. The first-order valence-corrected chi connectivity index (χ1v) is 10.3. The minimum absolute atomic E-state index is 0.437. The number of aromatic nitrogens is 4. The van der Waals surface area contributed by atoms with Crippen LogP contribution < -0.4 is 10.6 Å². The van der Waals surface area contributed by atoms with Gasteiger partial charge in [-0.05, 0) is 58.1 Å². The number of anilines is 1. The second kappa shape index (κ2) is 6.32. The molecule has 0 radical (unpaired) electrons. The number of nitrogens with zero attached hydrogens (tertiary/aromatic N) is 3. The molecule has 4 heterocycles. The lowest BCUT2D eigenvalue weighted by Crippen LogP contribution is -2.23. The van der Waals surface area contributed by atoms with E-state index in [2.05, 4.69) is 20.8 Å². The fourth-order valence-corrected chi connectivity index (χ4v) is 5.49. The minimum Gasteiger partial charge on any atom is -0.365 e. The average molecular weight is 369 g/mol. The molecule has 0 amide bonds. The van der Waals surface area contributed by atoms with E-state index in [1.807, 2.05) is 25.2 Å². The van der Waals surface area contributed by atoms with Crippen molar-refractivity contribution in [1.82, 2.24) is 25.5 Å². The molecule has 0 bridgehead atoms. The molecule has 1 aliphatic heterocycles. The van der Waals surface area contributed by atoms with Crippen LogP contribution in [0.5, 0.6) is 0 Å². The highest BCUT2D eigenvalue weighted by Gasteiger charge is 2.25. The van der Waals surface area contributed by atoms with Gasteiger partial charge in [-0.1, -0.05) is 0 Å². The minimum atomic E-state index is 0.437. The van der Waals surface area contributed by atoms with Crippen LogP contribution in [-0.4, -0.2) is 39.3 Å². The van der Waals surface area contributed by atoms with Crippen LogP contribution in [-0.2, 0) is 12.8 Å². The van der Waals surface area contributed by atoms with Gasteiger partial charge in [0.05, 0.1) is 16.6 Å². The zero-order valence-corrected chi connectivity index (χ0v) is 16.1. The van der Waals surface area contributed by atoms with Crippen molar-refractivity contribution in [3.8, 4) is 11.4 Å². The SMILES string of the molecule is Cc1n[nH]c(C)c1-c1nc(NC2CCNC2)c2c3c(sc2n1)CCCC3. The monoisotopic (exact) mass is 368 g/mol. The number of rotatable bonds is 3. The van der Waals surface area contributed by atoms with Crippen LogP contribution in [0.4, 0.5) is 5.82 Å². The lowest BCUT2D eigenvalue weighted by atomic mass is 9.97. The van der Waals surface area contributed by atoms with E-state index in [0.717, 1.165) is 59.4 Å². The number of aryl methyl sites for hydroxylation is 4. The van der Waals surface area contributed by atoms with Crippen molar-refractivity contribution in [2.45, 2.75) is 52.0 Å². The maximum atomic E-state index is 5.01. The quantitative estimate of drug-likeness (QED) is 0.661. The summed E-state index contributed by atoms with van der Waals surface area (Å²) in [5.74, 6) is 1.80. The van der Waals surface area contributed by atoms with Gasteiger partial charge in [0.2, 0.25) is 0 Å². The van der Waals surface area contributed by atoms with Crippen LogP contribution in [0.1, 0.15) is 41.1 Å². The van der Waals surface area contributed by atoms with E-state index in [9.17, 15) is 0 Å². The van der Waals surface area contributed by atoms with Crippen LogP contribution in [0, 0.1) is 13.8 Å². The van der Waals surface area contributed by atoms with E-state index in [0.29, 0.717) is 6.04 Å². The standard InChI is InChI=1S/C19H24N6S/c1-10-15(11(2)25-24-10)17-22-18(21-12-7-8-20-9-12)16-13-5-3-4-6-14(13)26-19(16)23-17/h12,20H,3-9H2,1-2H3,(H,24,25)(H,21,22,23). The largest absolute Gasteiger partial charge is 0.365 e. The Balaban J connectivity index is 1.70. The van der Waals surface area contributed by atoms with Crippen LogP contribution in [0.15, 0.2) is 0 Å². The maximum absolute atomic E-state index is 5.01. The van der Waals surface area contributed by atoms with E-state index in [4.69, 9.17) is 9.97 Å². The summed E-state index contributed by atoms with van der Waals surface area (Å²) >= 11 is 1.86. The highest BCUT2D eigenvalue weighted by Crippen LogP contribution is 2.40. The van der Waals surface area contributed by atoms with Gasteiger partial charge in [0, 0.05) is 23.2 Å². The Morgan fingerprint density at radius 1 is 1.15 bits per heavy atom. The molecule has 0 spiro atoms. The Bertz CT molecular complexity index is 947. The van der Waals surface area contributed by atoms with E-state index < -0.39 is 0 Å². The third kappa shape index (κ3) is 2.61. The van der Waals surface area contributed by atoms with Gasteiger partial charge in [0.25, 0.3) is 0 Å². The fraction of sp³-hybridized carbons (Fsp3) is 0.526. The highest BCUT2D eigenvalue weighted by molar-refractivity contribution is 7.19. The number of aromatic amines is 1. The number of thiophene rings is 1. The summed E-state index contributed by atoms with van der Waals surface area (Å²) in [6, 6.07) is 0.437. The number of fused-ring (bicyclic) bond motifs is 3. The van der Waals surface area contributed by atoms with Gasteiger partial charge in [-0.3, -0.25) is 5.10 Å². The molecule has 5 rings (SSSR count). The first kappa shape index (κ1) is 16.2.